The maximum Gasteiger partial charge on any atom is 0.251 e. The summed E-state index contributed by atoms with van der Waals surface area (Å²) in [6.07, 6.45) is 1.58. The summed E-state index contributed by atoms with van der Waals surface area (Å²) in [5.74, 6) is 1.50. The third kappa shape index (κ3) is 3.47. The largest absolute Gasteiger partial charge is 0.490 e. The highest BCUT2D eigenvalue weighted by atomic mass is 16.5. The van der Waals surface area contributed by atoms with Gasteiger partial charge >= 0.3 is 0 Å². The second-order valence-electron chi connectivity index (χ2n) is 9.26. The lowest BCUT2D eigenvalue weighted by molar-refractivity contribution is 0.0963. The van der Waals surface area contributed by atoms with Gasteiger partial charge in [-0.2, -0.15) is 0 Å². The molecule has 2 heterocycles. The number of ether oxygens (including phenoxy) is 2. The molecule has 1 N–H and O–H groups in total. The number of nitrogens with zero attached hydrogens (tertiary/aromatic N) is 1. The summed E-state index contributed by atoms with van der Waals surface area (Å²) < 4.78 is 12.3. The average Bonchev–Trinajstić information content (AvgIpc) is 3.01. The zero-order valence-corrected chi connectivity index (χ0v) is 18.7. The van der Waals surface area contributed by atoms with Crippen LogP contribution in [0.4, 0.5) is 0 Å². The molecule has 158 valence electrons. The van der Waals surface area contributed by atoms with E-state index >= 15 is 0 Å². The van der Waals surface area contributed by atoms with E-state index in [-0.39, 0.29) is 17.0 Å². The number of amides is 1. The van der Waals surface area contributed by atoms with Crippen molar-refractivity contribution in [1.29, 1.82) is 0 Å². The van der Waals surface area contributed by atoms with Gasteiger partial charge in [-0.1, -0.05) is 18.2 Å². The van der Waals surface area contributed by atoms with Crippen LogP contribution in [0.25, 0.3) is 0 Å². The number of hydrogen-bond donors (Lipinski definition) is 1. The van der Waals surface area contributed by atoms with E-state index in [0.717, 1.165) is 46.7 Å². The van der Waals surface area contributed by atoms with Gasteiger partial charge in [0.25, 0.3) is 5.91 Å². The number of benzene rings is 2. The Bertz CT molecular complexity index is 1050. The summed E-state index contributed by atoms with van der Waals surface area (Å²) in [6.45, 7) is 11.0. The number of hydrogen-bond acceptors (Lipinski definition) is 4. The lowest BCUT2D eigenvalue weighted by atomic mass is 9.80. The summed E-state index contributed by atoms with van der Waals surface area (Å²) in [5, 5.41) is 2.76. The van der Waals surface area contributed by atoms with Crippen molar-refractivity contribution in [2.45, 2.75) is 58.6 Å². The molecule has 5 heteroatoms. The first-order chi connectivity index (χ1) is 14.2. The molecule has 0 aliphatic carbocycles. The quantitative estimate of drug-likeness (QED) is 0.822. The topological polar surface area (TPSA) is 59.9 Å². The van der Waals surface area contributed by atoms with E-state index in [4.69, 9.17) is 14.5 Å². The van der Waals surface area contributed by atoms with Gasteiger partial charge in [-0.25, -0.2) is 0 Å². The van der Waals surface area contributed by atoms with E-state index in [0.29, 0.717) is 12.2 Å². The van der Waals surface area contributed by atoms with Crippen LogP contribution in [0.2, 0.25) is 0 Å². The second-order valence-corrected chi connectivity index (χ2v) is 9.26. The maximum absolute atomic E-state index is 12.6. The summed E-state index contributed by atoms with van der Waals surface area (Å²) in [4.78, 5) is 17.8. The number of fused-ring (bicyclic) bond motifs is 3. The van der Waals surface area contributed by atoms with E-state index in [2.05, 4.69) is 39.1 Å². The first-order valence-corrected chi connectivity index (χ1v) is 10.6. The van der Waals surface area contributed by atoms with Crippen molar-refractivity contribution in [3.63, 3.8) is 0 Å². The van der Waals surface area contributed by atoms with E-state index < -0.39 is 0 Å². The maximum atomic E-state index is 12.6. The molecule has 0 unspecified atom stereocenters. The van der Waals surface area contributed by atoms with Crippen molar-refractivity contribution in [3.8, 4) is 11.5 Å². The van der Waals surface area contributed by atoms with Gasteiger partial charge in [0.2, 0.25) is 0 Å². The molecule has 2 aromatic rings. The molecule has 2 aliphatic heterocycles. The highest BCUT2D eigenvalue weighted by Gasteiger charge is 2.40. The van der Waals surface area contributed by atoms with Crippen molar-refractivity contribution >= 4 is 11.6 Å². The Morgan fingerprint density at radius 1 is 1.20 bits per heavy atom. The molecule has 4 rings (SSSR count). The van der Waals surface area contributed by atoms with Gasteiger partial charge < -0.3 is 14.8 Å². The van der Waals surface area contributed by atoms with Crippen LogP contribution in [0.5, 0.6) is 11.5 Å². The van der Waals surface area contributed by atoms with E-state index in [9.17, 15) is 4.79 Å². The van der Waals surface area contributed by atoms with Crippen molar-refractivity contribution in [3.05, 3.63) is 58.1 Å². The number of carbonyl (C=O) groups is 1. The molecule has 2 aliphatic rings. The predicted molar refractivity (Wildman–Crippen MR) is 119 cm³/mol. The smallest absolute Gasteiger partial charge is 0.251 e. The highest BCUT2D eigenvalue weighted by Crippen LogP contribution is 2.48. The summed E-state index contributed by atoms with van der Waals surface area (Å²) in [7, 11) is 1.65. The van der Waals surface area contributed by atoms with E-state index in [1.54, 1.807) is 7.05 Å². The molecule has 0 spiro atoms. The molecule has 0 saturated heterocycles. The highest BCUT2D eigenvalue weighted by molar-refractivity contribution is 6.20. The van der Waals surface area contributed by atoms with Gasteiger partial charge in [0.1, 0.15) is 5.60 Å². The van der Waals surface area contributed by atoms with Crippen molar-refractivity contribution in [2.24, 2.45) is 4.99 Å². The molecule has 0 aromatic heterocycles. The predicted octanol–water partition coefficient (Wildman–Crippen LogP) is 4.33. The fourth-order valence-corrected chi connectivity index (χ4v) is 4.55. The lowest BCUT2D eigenvalue weighted by Gasteiger charge is -2.31. The molecule has 2 aromatic carbocycles. The number of nitrogens with one attached hydrogen (secondary N) is 1. The Kier molecular flexibility index (Phi) is 4.88. The summed E-state index contributed by atoms with van der Waals surface area (Å²) in [6, 6.07) is 9.79. The molecule has 0 fully saturated rings. The zero-order chi connectivity index (χ0) is 21.7. The summed E-state index contributed by atoms with van der Waals surface area (Å²) in [5.41, 5.74) is 5.15. The van der Waals surface area contributed by atoms with Gasteiger partial charge in [0, 0.05) is 35.7 Å². The molecule has 0 atom stereocenters. The van der Waals surface area contributed by atoms with Crippen LogP contribution in [0.1, 0.15) is 67.2 Å². The van der Waals surface area contributed by atoms with Crippen LogP contribution in [-0.2, 0) is 12.8 Å². The van der Waals surface area contributed by atoms with E-state index in [1.165, 1.54) is 5.56 Å². The van der Waals surface area contributed by atoms with Crippen LogP contribution in [0.3, 0.4) is 0 Å². The van der Waals surface area contributed by atoms with Crippen molar-refractivity contribution in [2.75, 3.05) is 13.7 Å². The second kappa shape index (κ2) is 7.15. The summed E-state index contributed by atoms with van der Waals surface area (Å²) >= 11 is 0. The fraction of sp³-hybridized carbons (Fsp3) is 0.440. The molecule has 0 radical (unpaired) electrons. The van der Waals surface area contributed by atoms with Crippen LogP contribution in [-0.4, -0.2) is 36.4 Å². The van der Waals surface area contributed by atoms with Gasteiger partial charge in [0.05, 0.1) is 17.9 Å². The Balaban J connectivity index is 2.00. The van der Waals surface area contributed by atoms with Gasteiger partial charge in [0.15, 0.2) is 11.5 Å². The third-order valence-electron chi connectivity index (χ3n) is 5.63. The van der Waals surface area contributed by atoms with Crippen LogP contribution in [0.15, 0.2) is 35.3 Å². The van der Waals surface area contributed by atoms with Crippen molar-refractivity contribution in [1.82, 2.24) is 5.32 Å². The van der Waals surface area contributed by atoms with E-state index in [1.807, 2.05) is 31.2 Å². The molecular formula is C25H30N2O3. The van der Waals surface area contributed by atoms with Gasteiger partial charge in [-0.3, -0.25) is 9.79 Å². The monoisotopic (exact) mass is 406 g/mol. The molecular weight excluding hydrogens is 376 g/mol. The zero-order valence-electron chi connectivity index (χ0n) is 18.7. The van der Waals surface area contributed by atoms with Gasteiger partial charge in [-0.15, -0.1) is 0 Å². The molecule has 5 nitrogen and oxygen atoms in total. The fourth-order valence-electron chi connectivity index (χ4n) is 4.55. The number of carbonyl (C=O) groups excluding carboxylic acids is 1. The number of rotatable bonds is 4. The Hall–Kier alpha value is -2.82. The number of aliphatic imine (C=N–C) groups is 1. The minimum Gasteiger partial charge on any atom is -0.490 e. The molecule has 0 saturated carbocycles. The Morgan fingerprint density at radius 3 is 2.63 bits per heavy atom. The standard InChI is InChI=1S/C25H30N2O3/c1-7-29-19-12-15-13-24(2,3)27-21(16-10-8-9-11-17(16)23(28)26-6)20(15)18-14-25(4,5)30-22(18)19/h8-12H,7,13-14H2,1-6H3,(H,26,28). The lowest BCUT2D eigenvalue weighted by Crippen LogP contribution is -2.32. The minimum absolute atomic E-state index is 0.114. The normalized spacial score (nSPS) is 18.0. The molecule has 30 heavy (non-hydrogen) atoms. The third-order valence-corrected chi connectivity index (χ3v) is 5.63. The molecule has 1 amide bonds. The van der Waals surface area contributed by atoms with Crippen LogP contribution < -0.4 is 14.8 Å². The SMILES string of the molecule is CCOc1cc2c(c3c1OC(C)(C)C3)C(c1ccccc1C(=O)NC)=NC(C)(C)C2. The Morgan fingerprint density at radius 2 is 1.93 bits per heavy atom. The Labute approximate surface area is 178 Å². The minimum atomic E-state index is -0.318. The van der Waals surface area contributed by atoms with Crippen LogP contribution >= 0.6 is 0 Å². The first kappa shape index (κ1) is 20.5. The molecule has 0 bridgehead atoms. The van der Waals surface area contributed by atoms with Gasteiger partial charge in [-0.05, 0) is 58.7 Å². The van der Waals surface area contributed by atoms with Crippen molar-refractivity contribution < 1.29 is 14.3 Å². The van der Waals surface area contributed by atoms with Crippen LogP contribution in [0, 0.1) is 0 Å². The average molecular weight is 407 g/mol. The first-order valence-electron chi connectivity index (χ1n) is 10.6.